The van der Waals surface area contributed by atoms with E-state index in [0.717, 1.165) is 40.8 Å². The van der Waals surface area contributed by atoms with Crippen LogP contribution in [0.1, 0.15) is 69.4 Å². The molecule has 0 aliphatic heterocycles. The van der Waals surface area contributed by atoms with Crippen molar-refractivity contribution in [2.24, 2.45) is 11.3 Å². The van der Waals surface area contributed by atoms with E-state index < -0.39 is 15.4 Å². The van der Waals surface area contributed by atoms with Gasteiger partial charge in [0.05, 0.1) is 26.8 Å². The van der Waals surface area contributed by atoms with Gasteiger partial charge < -0.3 is 10.4 Å². The average molecular weight is 529 g/mol. The van der Waals surface area contributed by atoms with Crippen molar-refractivity contribution in [3.8, 4) is 10.4 Å². The Hall–Kier alpha value is -2.29. The topological polar surface area (TPSA) is 96.4 Å². The summed E-state index contributed by atoms with van der Waals surface area (Å²) in [5.41, 5.74) is 0.398. The number of carbonyl (C=O) groups excluding carboxylic acids is 1. The van der Waals surface area contributed by atoms with Crippen LogP contribution in [0.15, 0.2) is 41.3 Å². The molecule has 36 heavy (non-hydrogen) atoms. The van der Waals surface area contributed by atoms with Gasteiger partial charge in [-0.25, -0.2) is 13.4 Å². The number of fused-ring (bicyclic) bond motifs is 1. The van der Waals surface area contributed by atoms with Crippen LogP contribution < -0.4 is 5.32 Å². The molecule has 0 spiro atoms. The molecule has 1 aliphatic rings. The molecule has 194 valence electrons. The van der Waals surface area contributed by atoms with Gasteiger partial charge in [-0.15, -0.1) is 11.3 Å². The van der Waals surface area contributed by atoms with Crippen molar-refractivity contribution in [1.29, 1.82) is 0 Å². The molecule has 3 aromatic rings. The van der Waals surface area contributed by atoms with Crippen LogP contribution in [-0.4, -0.2) is 42.3 Å². The molecule has 0 radical (unpaired) electrons. The maximum Gasteiger partial charge on any atom is 0.280 e. The third-order valence-corrected chi connectivity index (χ3v) is 9.77. The van der Waals surface area contributed by atoms with Crippen molar-refractivity contribution < 1.29 is 18.3 Å². The molecular weight excluding hydrogens is 492 g/mol. The van der Waals surface area contributed by atoms with Crippen molar-refractivity contribution in [3.05, 3.63) is 47.1 Å². The van der Waals surface area contributed by atoms with Gasteiger partial charge in [-0.3, -0.25) is 4.79 Å². The maximum absolute atomic E-state index is 13.3. The first kappa shape index (κ1) is 26.8. The van der Waals surface area contributed by atoms with E-state index in [1.807, 2.05) is 51.1 Å². The molecule has 1 amide bonds. The lowest BCUT2D eigenvalue weighted by molar-refractivity contribution is 0.0694. The van der Waals surface area contributed by atoms with Gasteiger partial charge in [-0.2, -0.15) is 0 Å². The third-order valence-electron chi connectivity index (χ3n) is 6.37. The minimum Gasteiger partial charge on any atom is -0.389 e. The van der Waals surface area contributed by atoms with Crippen molar-refractivity contribution in [3.63, 3.8) is 0 Å². The minimum absolute atomic E-state index is 0.0579. The predicted molar refractivity (Wildman–Crippen MR) is 146 cm³/mol. The lowest BCUT2D eigenvalue weighted by Gasteiger charge is -2.25. The van der Waals surface area contributed by atoms with Gasteiger partial charge in [0.25, 0.3) is 5.91 Å². The van der Waals surface area contributed by atoms with E-state index in [2.05, 4.69) is 5.32 Å². The fourth-order valence-corrected chi connectivity index (χ4v) is 7.66. The lowest BCUT2D eigenvalue weighted by Crippen LogP contribution is -2.38. The Labute approximate surface area is 218 Å². The zero-order valence-electron chi connectivity index (χ0n) is 21.7. The van der Waals surface area contributed by atoms with Crippen LogP contribution in [0.25, 0.3) is 21.2 Å². The number of benzene rings is 2. The van der Waals surface area contributed by atoms with Crippen LogP contribution in [-0.2, 0) is 16.3 Å². The second-order valence-electron chi connectivity index (χ2n) is 11.8. The number of aliphatic hydroxyl groups is 1. The summed E-state index contributed by atoms with van der Waals surface area (Å²) < 4.78 is 26.7. The molecule has 1 aromatic heterocycles. The van der Waals surface area contributed by atoms with Gasteiger partial charge >= 0.3 is 0 Å². The summed E-state index contributed by atoms with van der Waals surface area (Å²) in [6, 6.07) is 11.2. The first-order valence-electron chi connectivity index (χ1n) is 12.5. The van der Waals surface area contributed by atoms with E-state index in [9.17, 15) is 18.3 Å². The number of amides is 1. The number of sulfone groups is 1. The van der Waals surface area contributed by atoms with Gasteiger partial charge in [-0.1, -0.05) is 70.4 Å². The first-order valence-corrected chi connectivity index (χ1v) is 15.0. The summed E-state index contributed by atoms with van der Waals surface area (Å²) in [7, 11) is -3.50. The Kier molecular flexibility index (Phi) is 7.34. The van der Waals surface area contributed by atoms with E-state index in [1.165, 1.54) is 17.8 Å². The van der Waals surface area contributed by atoms with Crippen LogP contribution in [0.2, 0.25) is 0 Å². The predicted octanol–water partition coefficient (Wildman–Crippen LogP) is 5.63. The van der Waals surface area contributed by atoms with Gasteiger partial charge in [0.2, 0.25) is 0 Å². The number of carbonyl (C=O) groups is 1. The Morgan fingerprint density at radius 3 is 2.33 bits per heavy atom. The monoisotopic (exact) mass is 528 g/mol. The molecule has 4 rings (SSSR count). The Morgan fingerprint density at radius 2 is 1.75 bits per heavy atom. The number of rotatable bonds is 8. The molecule has 1 heterocycles. The normalized spacial score (nSPS) is 15.2. The first-order chi connectivity index (χ1) is 16.7. The molecule has 0 atom stereocenters. The molecule has 1 saturated carbocycles. The Balaban J connectivity index is 1.80. The summed E-state index contributed by atoms with van der Waals surface area (Å²) in [5.74, 6) is 0.301. The third kappa shape index (κ3) is 6.15. The van der Waals surface area contributed by atoms with E-state index in [1.54, 1.807) is 19.9 Å². The average Bonchev–Trinajstić information content (AvgIpc) is 3.15. The smallest absolute Gasteiger partial charge is 0.280 e. The molecule has 2 aromatic carbocycles. The number of hydrogen-bond donors (Lipinski definition) is 2. The Bertz CT molecular complexity index is 1370. The van der Waals surface area contributed by atoms with Crippen LogP contribution in [0.3, 0.4) is 0 Å². The summed E-state index contributed by atoms with van der Waals surface area (Å²) in [6.45, 7) is 9.19. The fraction of sp³-hybridized carbons (Fsp3) is 0.500. The molecule has 0 unspecified atom stereocenters. The van der Waals surface area contributed by atoms with Gasteiger partial charge in [-0.05, 0) is 43.1 Å². The molecule has 1 aliphatic carbocycles. The van der Waals surface area contributed by atoms with Crippen molar-refractivity contribution in [1.82, 2.24) is 10.3 Å². The summed E-state index contributed by atoms with van der Waals surface area (Å²) >= 11 is 1.33. The standard InChI is InChI=1S/C28H36N2O4S2/c1-27(2,3)17-36(33,34)23-14-13-21(19-11-6-7-12-20(19)23)24-22(15-18-9-8-10-18)30-26(35-24)25(31)29-16-28(4,5)32/h6-7,11-14,18,32H,8-10,15-17H2,1-5H3,(H,29,31). The molecule has 2 N–H and O–H groups in total. The Morgan fingerprint density at radius 1 is 1.08 bits per heavy atom. The van der Waals surface area contributed by atoms with Gasteiger partial charge in [0.1, 0.15) is 0 Å². The van der Waals surface area contributed by atoms with Crippen LogP contribution in [0, 0.1) is 11.3 Å². The van der Waals surface area contributed by atoms with Crippen LogP contribution >= 0.6 is 11.3 Å². The molecular formula is C28H36N2O4S2. The van der Waals surface area contributed by atoms with Crippen LogP contribution in [0.4, 0.5) is 0 Å². The van der Waals surface area contributed by atoms with E-state index >= 15 is 0 Å². The molecule has 1 fully saturated rings. The SMILES string of the molecule is CC(C)(C)CS(=O)(=O)c1ccc(-c2sc(C(=O)NCC(C)(C)O)nc2CC2CCC2)c2ccccc12. The van der Waals surface area contributed by atoms with Crippen molar-refractivity contribution >= 4 is 37.9 Å². The highest BCUT2D eigenvalue weighted by Crippen LogP contribution is 2.41. The highest BCUT2D eigenvalue weighted by atomic mass is 32.2. The van der Waals surface area contributed by atoms with Crippen LogP contribution in [0.5, 0.6) is 0 Å². The van der Waals surface area contributed by atoms with Gasteiger partial charge in [0.15, 0.2) is 14.8 Å². The van der Waals surface area contributed by atoms with E-state index in [-0.39, 0.29) is 23.6 Å². The molecule has 0 bridgehead atoms. The number of nitrogens with zero attached hydrogens (tertiary/aromatic N) is 1. The summed E-state index contributed by atoms with van der Waals surface area (Å²) in [6.07, 6.45) is 4.32. The molecule has 6 nitrogen and oxygen atoms in total. The molecule has 8 heteroatoms. The second-order valence-corrected chi connectivity index (χ2v) is 14.7. The highest BCUT2D eigenvalue weighted by Gasteiger charge is 2.28. The number of nitrogens with one attached hydrogen (secondary N) is 1. The minimum atomic E-state index is -3.50. The fourth-order valence-electron chi connectivity index (χ4n) is 4.53. The number of aromatic nitrogens is 1. The van der Waals surface area contributed by atoms with E-state index in [4.69, 9.17) is 4.98 Å². The quantitative estimate of drug-likeness (QED) is 0.395. The zero-order chi connectivity index (χ0) is 26.3. The summed E-state index contributed by atoms with van der Waals surface area (Å²) in [5, 5.41) is 14.7. The molecule has 0 saturated heterocycles. The largest absolute Gasteiger partial charge is 0.389 e. The lowest BCUT2D eigenvalue weighted by atomic mass is 9.81. The highest BCUT2D eigenvalue weighted by molar-refractivity contribution is 7.91. The van der Waals surface area contributed by atoms with E-state index in [0.29, 0.717) is 21.2 Å². The summed E-state index contributed by atoms with van der Waals surface area (Å²) in [4.78, 5) is 18.9. The van der Waals surface area contributed by atoms with Crippen molar-refractivity contribution in [2.75, 3.05) is 12.3 Å². The van der Waals surface area contributed by atoms with Gasteiger partial charge in [0, 0.05) is 17.5 Å². The maximum atomic E-state index is 13.3. The number of thiazole rings is 1. The zero-order valence-corrected chi connectivity index (χ0v) is 23.4. The second kappa shape index (κ2) is 9.88. The number of hydrogen-bond acceptors (Lipinski definition) is 6. The van der Waals surface area contributed by atoms with Crippen molar-refractivity contribution in [2.45, 2.75) is 70.8 Å².